The molecule has 0 radical (unpaired) electrons. The molecule has 1 fully saturated rings. The Kier molecular flexibility index (Phi) is 7.56. The van der Waals surface area contributed by atoms with Crippen LogP contribution in [-0.2, 0) is 10.0 Å². The number of nitrogens with one attached hydrogen (secondary N) is 3. The first-order valence-electron chi connectivity index (χ1n) is 12.8. The molecule has 0 aliphatic heterocycles. The summed E-state index contributed by atoms with van der Waals surface area (Å²) in [5.41, 5.74) is 8.13. The van der Waals surface area contributed by atoms with Gasteiger partial charge in [0.25, 0.3) is 5.91 Å². The Bertz CT molecular complexity index is 1630. The van der Waals surface area contributed by atoms with Crippen LogP contribution >= 0.6 is 0 Å². The van der Waals surface area contributed by atoms with Crippen LogP contribution in [0, 0.1) is 0 Å². The number of aromatic hydroxyl groups is 1. The molecule has 6 N–H and O–H groups in total. The number of benzene rings is 1. The molecule has 14 heteroatoms. The standard InChI is InChI=1S/C26H31N9O4S/c1-34(2)40(38,39)23-8-7-19(13-22(23)36)30-20-14-24(31-17-5-3-16(27)4-6-17)33-35-21(15-29-25(20)35)26(37)32-18-9-11-28-12-10-18/h7-17,30,36H,3-6,27H2,1-2H3,(H,31,33)(H,28,32,37). The molecule has 3 aromatic heterocycles. The third kappa shape index (κ3) is 5.68. The summed E-state index contributed by atoms with van der Waals surface area (Å²) < 4.78 is 27.5. The van der Waals surface area contributed by atoms with Crippen LogP contribution in [0.4, 0.5) is 22.9 Å². The lowest BCUT2D eigenvalue weighted by molar-refractivity contribution is 0.102. The Morgan fingerprint density at radius 2 is 1.80 bits per heavy atom. The summed E-state index contributed by atoms with van der Waals surface area (Å²) in [6.07, 6.45) is 8.16. The molecule has 0 spiro atoms. The first-order chi connectivity index (χ1) is 19.1. The van der Waals surface area contributed by atoms with Gasteiger partial charge >= 0.3 is 0 Å². The molecule has 1 aliphatic rings. The van der Waals surface area contributed by atoms with Crippen molar-refractivity contribution in [1.29, 1.82) is 0 Å². The van der Waals surface area contributed by atoms with Crippen LogP contribution in [0.5, 0.6) is 5.75 Å². The molecule has 1 aliphatic carbocycles. The number of hydrogen-bond acceptors (Lipinski definition) is 10. The molecule has 1 amide bonds. The molecule has 3 heterocycles. The second-order valence-corrected chi connectivity index (χ2v) is 12.0. The fourth-order valence-electron chi connectivity index (χ4n) is 4.55. The fraction of sp³-hybridized carbons (Fsp3) is 0.308. The van der Waals surface area contributed by atoms with Gasteiger partial charge in [-0.2, -0.15) is 0 Å². The van der Waals surface area contributed by atoms with Crippen molar-refractivity contribution < 1.29 is 18.3 Å². The van der Waals surface area contributed by atoms with E-state index >= 15 is 0 Å². The molecule has 13 nitrogen and oxygen atoms in total. The monoisotopic (exact) mass is 565 g/mol. The maximum atomic E-state index is 13.1. The van der Waals surface area contributed by atoms with Crippen molar-refractivity contribution in [3.63, 3.8) is 0 Å². The summed E-state index contributed by atoms with van der Waals surface area (Å²) in [6.45, 7) is 0. The number of fused-ring (bicyclic) bond motifs is 1. The van der Waals surface area contributed by atoms with E-state index in [1.54, 1.807) is 36.7 Å². The maximum Gasteiger partial charge on any atom is 0.276 e. The molecule has 1 saturated carbocycles. The molecule has 0 saturated heterocycles. The molecule has 40 heavy (non-hydrogen) atoms. The molecule has 5 rings (SSSR count). The third-order valence-corrected chi connectivity index (χ3v) is 8.62. The van der Waals surface area contributed by atoms with Crippen molar-refractivity contribution in [2.75, 3.05) is 30.0 Å². The molecular formula is C26H31N9O4S. The lowest BCUT2D eigenvalue weighted by atomic mass is 9.92. The largest absolute Gasteiger partial charge is 0.506 e. The lowest BCUT2D eigenvalue weighted by Gasteiger charge is -2.27. The number of nitrogens with two attached hydrogens (primary N) is 1. The summed E-state index contributed by atoms with van der Waals surface area (Å²) in [4.78, 5) is 21.3. The number of sulfonamides is 1. The van der Waals surface area contributed by atoms with E-state index in [4.69, 9.17) is 5.73 Å². The minimum absolute atomic E-state index is 0.162. The van der Waals surface area contributed by atoms with Gasteiger partial charge < -0.3 is 26.8 Å². The molecule has 0 atom stereocenters. The Labute approximate surface area is 231 Å². The normalized spacial score (nSPS) is 17.6. The van der Waals surface area contributed by atoms with Gasteiger partial charge in [-0.15, -0.1) is 5.10 Å². The van der Waals surface area contributed by atoms with E-state index < -0.39 is 21.7 Å². The van der Waals surface area contributed by atoms with E-state index in [9.17, 15) is 18.3 Å². The Morgan fingerprint density at radius 1 is 1.07 bits per heavy atom. The van der Waals surface area contributed by atoms with Crippen molar-refractivity contribution in [3.8, 4) is 5.75 Å². The molecule has 1 aromatic carbocycles. The highest BCUT2D eigenvalue weighted by molar-refractivity contribution is 7.89. The van der Waals surface area contributed by atoms with Crippen molar-refractivity contribution in [3.05, 3.63) is 60.7 Å². The van der Waals surface area contributed by atoms with Crippen LogP contribution in [-0.4, -0.2) is 69.5 Å². The van der Waals surface area contributed by atoms with Crippen LogP contribution in [0.15, 0.2) is 59.9 Å². The quantitative estimate of drug-likeness (QED) is 0.213. The number of amides is 1. The van der Waals surface area contributed by atoms with Crippen molar-refractivity contribution >= 4 is 44.5 Å². The van der Waals surface area contributed by atoms with E-state index in [1.165, 1.54) is 36.9 Å². The number of carbonyl (C=O) groups is 1. The molecule has 0 unspecified atom stereocenters. The number of carbonyl (C=O) groups excluding carboxylic acids is 1. The number of nitrogens with zero attached hydrogens (tertiary/aromatic N) is 5. The number of hydrogen-bond donors (Lipinski definition) is 5. The molecule has 0 bridgehead atoms. The van der Waals surface area contributed by atoms with E-state index in [0.29, 0.717) is 28.5 Å². The van der Waals surface area contributed by atoms with Crippen molar-refractivity contribution in [1.82, 2.24) is 23.9 Å². The minimum Gasteiger partial charge on any atom is -0.506 e. The maximum absolute atomic E-state index is 13.1. The number of phenols is 1. The first-order valence-corrected chi connectivity index (χ1v) is 14.2. The topological polar surface area (TPSA) is 180 Å². The van der Waals surface area contributed by atoms with Crippen LogP contribution in [0.2, 0.25) is 0 Å². The number of aromatic nitrogens is 4. The average Bonchev–Trinajstić information content (AvgIpc) is 3.35. The lowest BCUT2D eigenvalue weighted by Crippen LogP contribution is -2.33. The van der Waals surface area contributed by atoms with Gasteiger partial charge in [0.15, 0.2) is 11.3 Å². The zero-order valence-electron chi connectivity index (χ0n) is 22.1. The minimum atomic E-state index is -3.83. The highest BCUT2D eigenvalue weighted by Gasteiger charge is 2.23. The number of rotatable bonds is 8. The summed E-state index contributed by atoms with van der Waals surface area (Å²) in [6, 6.07) is 9.66. The predicted octanol–water partition coefficient (Wildman–Crippen LogP) is 2.76. The number of anilines is 4. The molecule has 4 aromatic rings. The highest BCUT2D eigenvalue weighted by Crippen LogP contribution is 2.31. The van der Waals surface area contributed by atoms with Gasteiger partial charge in [-0.3, -0.25) is 9.78 Å². The zero-order chi connectivity index (χ0) is 28.4. The van der Waals surface area contributed by atoms with Gasteiger partial charge in [0.1, 0.15) is 16.5 Å². The summed E-state index contributed by atoms with van der Waals surface area (Å²) in [7, 11) is -1.04. The molecular weight excluding hydrogens is 534 g/mol. The number of imidazole rings is 1. The SMILES string of the molecule is CN(C)S(=O)(=O)c1ccc(Nc2cc(NC3CCC(N)CC3)nn3c(C(=O)Nc4ccncc4)cnc23)cc1O. The highest BCUT2D eigenvalue weighted by atomic mass is 32.2. The van der Waals surface area contributed by atoms with Crippen molar-refractivity contribution in [2.45, 2.75) is 42.7 Å². The van der Waals surface area contributed by atoms with Crippen LogP contribution in [0.1, 0.15) is 36.2 Å². The molecule has 210 valence electrons. The van der Waals surface area contributed by atoms with Gasteiger partial charge in [-0.05, 0) is 49.9 Å². The van der Waals surface area contributed by atoms with Crippen LogP contribution in [0.3, 0.4) is 0 Å². The van der Waals surface area contributed by atoms with E-state index in [0.717, 1.165) is 30.0 Å². The van der Waals surface area contributed by atoms with Gasteiger partial charge in [-0.25, -0.2) is 22.2 Å². The van der Waals surface area contributed by atoms with Gasteiger partial charge in [0.2, 0.25) is 10.0 Å². The van der Waals surface area contributed by atoms with Gasteiger partial charge in [-0.1, -0.05) is 0 Å². The first kappa shape index (κ1) is 27.3. The van der Waals surface area contributed by atoms with E-state index in [-0.39, 0.29) is 22.7 Å². The van der Waals surface area contributed by atoms with E-state index in [1.807, 2.05) is 0 Å². The summed E-state index contributed by atoms with van der Waals surface area (Å²) in [5, 5.41) is 24.6. The van der Waals surface area contributed by atoms with Crippen LogP contribution < -0.4 is 21.7 Å². The smallest absolute Gasteiger partial charge is 0.276 e. The average molecular weight is 566 g/mol. The van der Waals surface area contributed by atoms with Gasteiger partial charge in [0, 0.05) is 62.1 Å². The predicted molar refractivity (Wildman–Crippen MR) is 151 cm³/mol. The van der Waals surface area contributed by atoms with Gasteiger partial charge in [0.05, 0.1) is 11.9 Å². The van der Waals surface area contributed by atoms with E-state index in [2.05, 4.69) is 31.0 Å². The fourth-order valence-corrected chi connectivity index (χ4v) is 5.51. The van der Waals surface area contributed by atoms with Crippen LogP contribution in [0.25, 0.3) is 5.65 Å². The second-order valence-electron chi connectivity index (χ2n) is 9.86. The number of pyridine rings is 1. The Hall–Kier alpha value is -4.27. The van der Waals surface area contributed by atoms with Crippen molar-refractivity contribution in [2.24, 2.45) is 5.73 Å². The summed E-state index contributed by atoms with van der Waals surface area (Å²) in [5.74, 6) is -0.294. The zero-order valence-corrected chi connectivity index (χ0v) is 22.9. The summed E-state index contributed by atoms with van der Waals surface area (Å²) >= 11 is 0. The number of phenolic OH excluding ortho intramolecular Hbond substituents is 1. The Balaban J connectivity index is 1.51. The third-order valence-electron chi connectivity index (χ3n) is 6.76. The Morgan fingerprint density at radius 3 is 2.48 bits per heavy atom. The second kappa shape index (κ2) is 11.1.